The van der Waals surface area contributed by atoms with E-state index in [0.717, 1.165) is 12.8 Å². The molecule has 0 heterocycles. The normalized spacial score (nSPS) is 11.9. The molecule has 0 radical (unpaired) electrons. The highest BCUT2D eigenvalue weighted by atomic mass is 16.5. The second-order valence-corrected chi connectivity index (χ2v) is 5.35. The van der Waals surface area contributed by atoms with Crippen LogP contribution in [0.1, 0.15) is 45.4 Å². The van der Waals surface area contributed by atoms with Gasteiger partial charge in [0.15, 0.2) is 0 Å². The minimum absolute atomic E-state index is 0.0101. The molecule has 0 unspecified atom stereocenters. The number of aliphatic hydroxyl groups excluding tert-OH is 2. The number of carbonyl (C=O) groups excluding carboxylic acids is 1. The Bertz CT molecular complexity index is 351. The molecule has 0 aromatic rings. The summed E-state index contributed by atoms with van der Waals surface area (Å²) in [5.74, 6) is -0.515. The second-order valence-electron chi connectivity index (χ2n) is 5.35. The van der Waals surface area contributed by atoms with Gasteiger partial charge in [0.2, 0.25) is 0 Å². The van der Waals surface area contributed by atoms with Crippen LogP contribution < -0.4 is 5.73 Å². The molecule has 0 amide bonds. The summed E-state index contributed by atoms with van der Waals surface area (Å²) in [6.07, 6.45) is 11.5. The molecule has 0 aliphatic rings. The molecule has 6 heteroatoms. The molecule has 0 aromatic heterocycles. The van der Waals surface area contributed by atoms with E-state index < -0.39 is 5.97 Å². The minimum Gasteiger partial charge on any atom is -0.461 e. The third kappa shape index (κ3) is 12.7. The molecular formula is C17H32N2O4. The Balaban J connectivity index is 3.97. The van der Waals surface area contributed by atoms with E-state index in [1.54, 1.807) is 17.2 Å². The standard InChI is InChI=1S/C17H32N2O4/c1-2-3-4-5-6-7-15-23-17(22)16(18)9-8-10-19(11-13-20)12-14-21/h8-10,20-21H,2-7,11-15,18H2,1H3/b10-8+,16-9+. The Morgan fingerprint density at radius 1 is 1.09 bits per heavy atom. The fourth-order valence-electron chi connectivity index (χ4n) is 1.98. The summed E-state index contributed by atoms with van der Waals surface area (Å²) in [5, 5.41) is 17.8. The highest BCUT2D eigenvalue weighted by Crippen LogP contribution is 2.05. The molecule has 23 heavy (non-hydrogen) atoms. The summed E-state index contributed by atoms with van der Waals surface area (Å²) in [6.45, 7) is 3.37. The first-order chi connectivity index (χ1) is 11.2. The van der Waals surface area contributed by atoms with Crippen LogP contribution in [0.3, 0.4) is 0 Å². The van der Waals surface area contributed by atoms with Gasteiger partial charge in [-0.3, -0.25) is 0 Å². The number of esters is 1. The van der Waals surface area contributed by atoms with Crippen molar-refractivity contribution in [1.82, 2.24) is 4.90 Å². The maximum Gasteiger partial charge on any atom is 0.354 e. The van der Waals surface area contributed by atoms with Gasteiger partial charge in [-0.05, 0) is 24.8 Å². The van der Waals surface area contributed by atoms with Gasteiger partial charge in [-0.1, -0.05) is 39.0 Å². The summed E-state index contributed by atoms with van der Waals surface area (Å²) >= 11 is 0. The van der Waals surface area contributed by atoms with Gasteiger partial charge in [0.25, 0.3) is 0 Å². The van der Waals surface area contributed by atoms with E-state index in [1.165, 1.54) is 31.8 Å². The zero-order valence-electron chi connectivity index (χ0n) is 14.2. The predicted molar refractivity (Wildman–Crippen MR) is 91.5 cm³/mol. The summed E-state index contributed by atoms with van der Waals surface area (Å²) in [4.78, 5) is 13.4. The van der Waals surface area contributed by atoms with E-state index in [1.807, 2.05) is 0 Å². The smallest absolute Gasteiger partial charge is 0.354 e. The van der Waals surface area contributed by atoms with Crippen LogP contribution in [0.4, 0.5) is 0 Å². The number of rotatable bonds is 14. The van der Waals surface area contributed by atoms with Crippen LogP contribution >= 0.6 is 0 Å². The molecule has 6 nitrogen and oxygen atoms in total. The lowest BCUT2D eigenvalue weighted by Crippen LogP contribution is -2.24. The molecule has 0 saturated carbocycles. The van der Waals surface area contributed by atoms with Gasteiger partial charge in [-0.15, -0.1) is 0 Å². The molecule has 0 saturated heterocycles. The van der Waals surface area contributed by atoms with E-state index in [4.69, 9.17) is 20.7 Å². The van der Waals surface area contributed by atoms with Gasteiger partial charge in [-0.25, -0.2) is 4.79 Å². The number of nitrogens with two attached hydrogens (primary N) is 1. The van der Waals surface area contributed by atoms with Crippen LogP contribution in [-0.4, -0.2) is 54.0 Å². The number of carbonyl (C=O) groups is 1. The molecule has 0 aromatic carbocycles. The zero-order chi connectivity index (χ0) is 17.3. The highest BCUT2D eigenvalue weighted by Gasteiger charge is 2.05. The Morgan fingerprint density at radius 2 is 1.70 bits per heavy atom. The quantitative estimate of drug-likeness (QED) is 0.194. The molecule has 0 atom stereocenters. The first-order valence-corrected chi connectivity index (χ1v) is 8.42. The fourth-order valence-corrected chi connectivity index (χ4v) is 1.98. The number of allylic oxidation sites excluding steroid dienone is 2. The van der Waals surface area contributed by atoms with E-state index in [-0.39, 0.29) is 18.9 Å². The second kappa shape index (κ2) is 15.4. The lowest BCUT2D eigenvalue weighted by atomic mass is 10.1. The largest absolute Gasteiger partial charge is 0.461 e. The van der Waals surface area contributed by atoms with Gasteiger partial charge in [-0.2, -0.15) is 0 Å². The number of unbranched alkanes of at least 4 members (excludes halogenated alkanes) is 5. The minimum atomic E-state index is -0.515. The van der Waals surface area contributed by atoms with Crippen LogP contribution in [0.2, 0.25) is 0 Å². The van der Waals surface area contributed by atoms with E-state index in [0.29, 0.717) is 19.7 Å². The van der Waals surface area contributed by atoms with Crippen molar-refractivity contribution in [3.05, 3.63) is 24.0 Å². The molecule has 0 aliphatic carbocycles. The zero-order valence-corrected chi connectivity index (χ0v) is 14.2. The monoisotopic (exact) mass is 328 g/mol. The van der Waals surface area contributed by atoms with Crippen molar-refractivity contribution in [2.45, 2.75) is 45.4 Å². The maximum atomic E-state index is 11.7. The number of hydrogen-bond acceptors (Lipinski definition) is 6. The van der Waals surface area contributed by atoms with E-state index in [9.17, 15) is 4.79 Å². The van der Waals surface area contributed by atoms with Crippen LogP contribution in [0.15, 0.2) is 24.0 Å². The third-order valence-electron chi connectivity index (χ3n) is 3.31. The SMILES string of the molecule is CCCCCCCCOC(=O)/C(N)=C\C=C\N(CCO)CCO. The van der Waals surface area contributed by atoms with Crippen molar-refractivity contribution in [2.24, 2.45) is 5.73 Å². The molecule has 0 aliphatic heterocycles. The summed E-state index contributed by atoms with van der Waals surface area (Å²) < 4.78 is 5.10. The topological polar surface area (TPSA) is 96.0 Å². The molecular weight excluding hydrogens is 296 g/mol. The number of aliphatic hydroxyl groups is 2. The summed E-state index contributed by atoms with van der Waals surface area (Å²) in [7, 11) is 0. The molecule has 0 fully saturated rings. The first kappa shape index (κ1) is 21.5. The molecule has 4 N–H and O–H groups in total. The van der Waals surface area contributed by atoms with Gasteiger partial charge in [0, 0.05) is 13.1 Å². The lowest BCUT2D eigenvalue weighted by molar-refractivity contribution is -0.139. The molecule has 134 valence electrons. The predicted octanol–water partition coefficient (Wildman–Crippen LogP) is 1.53. The van der Waals surface area contributed by atoms with Crippen molar-refractivity contribution in [1.29, 1.82) is 0 Å². The van der Waals surface area contributed by atoms with Crippen molar-refractivity contribution in [3.8, 4) is 0 Å². The maximum absolute atomic E-state index is 11.7. The average Bonchev–Trinajstić information content (AvgIpc) is 2.54. The van der Waals surface area contributed by atoms with Gasteiger partial charge < -0.3 is 25.6 Å². The molecule has 0 rings (SSSR count). The fraction of sp³-hybridized carbons (Fsp3) is 0.706. The molecule has 0 bridgehead atoms. The van der Waals surface area contributed by atoms with Gasteiger partial charge in [0.05, 0.1) is 19.8 Å². The van der Waals surface area contributed by atoms with Crippen molar-refractivity contribution in [2.75, 3.05) is 32.9 Å². The number of nitrogens with zero attached hydrogens (tertiary/aromatic N) is 1. The molecule has 0 spiro atoms. The van der Waals surface area contributed by atoms with Gasteiger partial charge >= 0.3 is 5.97 Å². The van der Waals surface area contributed by atoms with Crippen LogP contribution in [0.5, 0.6) is 0 Å². The lowest BCUT2D eigenvalue weighted by Gasteiger charge is -2.16. The number of hydrogen-bond donors (Lipinski definition) is 3. The van der Waals surface area contributed by atoms with Crippen molar-refractivity contribution >= 4 is 5.97 Å². The summed E-state index contributed by atoms with van der Waals surface area (Å²) in [5.41, 5.74) is 5.69. The van der Waals surface area contributed by atoms with Gasteiger partial charge in [0.1, 0.15) is 5.70 Å². The van der Waals surface area contributed by atoms with E-state index >= 15 is 0 Å². The Hall–Kier alpha value is -1.53. The Morgan fingerprint density at radius 3 is 2.30 bits per heavy atom. The van der Waals surface area contributed by atoms with Crippen LogP contribution in [0, 0.1) is 0 Å². The third-order valence-corrected chi connectivity index (χ3v) is 3.31. The first-order valence-electron chi connectivity index (χ1n) is 8.42. The highest BCUT2D eigenvalue weighted by molar-refractivity contribution is 5.87. The van der Waals surface area contributed by atoms with E-state index in [2.05, 4.69) is 6.92 Å². The van der Waals surface area contributed by atoms with Crippen molar-refractivity contribution in [3.63, 3.8) is 0 Å². The Labute approximate surface area is 139 Å². The van der Waals surface area contributed by atoms with Crippen LogP contribution in [-0.2, 0) is 9.53 Å². The van der Waals surface area contributed by atoms with Crippen LogP contribution in [0.25, 0.3) is 0 Å². The average molecular weight is 328 g/mol. The number of ether oxygens (including phenoxy) is 1. The summed E-state index contributed by atoms with van der Waals surface area (Å²) in [6, 6.07) is 0. The Kier molecular flexibility index (Phi) is 14.3. The van der Waals surface area contributed by atoms with Crippen molar-refractivity contribution < 1.29 is 19.7 Å².